The van der Waals surface area contributed by atoms with Gasteiger partial charge in [-0.05, 0) is 38.1 Å². The Morgan fingerprint density at radius 1 is 1.21 bits per heavy atom. The molecule has 0 unspecified atom stereocenters. The molecule has 1 saturated heterocycles. The minimum Gasteiger partial charge on any atom is -0.488 e. The van der Waals surface area contributed by atoms with Crippen LogP contribution in [0.25, 0.3) is 0 Å². The first-order valence-electron chi connectivity index (χ1n) is 10.9. The molecular weight excluding hydrogens is 462 g/mol. The first-order valence-corrected chi connectivity index (χ1v) is 13.0. The molecule has 2 heterocycles. The molecule has 3 rings (SSSR count). The van der Waals surface area contributed by atoms with Crippen LogP contribution < -0.4 is 14.9 Å². The van der Waals surface area contributed by atoms with Crippen molar-refractivity contribution in [3.8, 4) is 17.2 Å². The van der Waals surface area contributed by atoms with Crippen LogP contribution in [0.1, 0.15) is 32.4 Å². The first-order chi connectivity index (χ1) is 16.2. The fourth-order valence-electron chi connectivity index (χ4n) is 3.12. The second kappa shape index (κ2) is 11.8. The molecule has 0 radical (unpaired) electrons. The van der Waals surface area contributed by atoms with E-state index in [1.54, 1.807) is 44.2 Å². The normalized spacial score (nSPS) is 15.0. The smallest absolute Gasteiger partial charge is 0.354 e. The standard InChI is InChI=1S/C23H29N3O7S/c1-4-31-23(27)16(2)25-26-21-8-7-19(13-22(21)33-18-9-11-30-12-10-18)32-20-6-5-17(24-14-20)15-34(3,28)29/h5-8,13-14,18,26H,4,9-12,15H2,1-3H3/b25-16-. The third kappa shape index (κ3) is 7.99. The van der Waals surface area contributed by atoms with Gasteiger partial charge in [0.15, 0.2) is 9.84 Å². The Morgan fingerprint density at radius 2 is 1.94 bits per heavy atom. The van der Waals surface area contributed by atoms with Crippen LogP contribution in [0, 0.1) is 0 Å². The molecule has 10 nitrogen and oxygen atoms in total. The molecule has 0 bridgehead atoms. The van der Waals surface area contributed by atoms with Gasteiger partial charge in [0.1, 0.15) is 29.1 Å². The Kier molecular flexibility index (Phi) is 8.83. The van der Waals surface area contributed by atoms with E-state index in [2.05, 4.69) is 15.5 Å². The van der Waals surface area contributed by atoms with Gasteiger partial charge in [-0.2, -0.15) is 5.10 Å². The zero-order chi connectivity index (χ0) is 24.6. The molecule has 11 heteroatoms. The molecule has 1 aliphatic rings. The average Bonchev–Trinajstić information content (AvgIpc) is 2.79. The second-order valence-corrected chi connectivity index (χ2v) is 9.91. The van der Waals surface area contributed by atoms with Crippen LogP contribution in [0.15, 0.2) is 41.6 Å². The quantitative estimate of drug-likeness (QED) is 0.303. The van der Waals surface area contributed by atoms with Gasteiger partial charge in [-0.15, -0.1) is 0 Å². The third-order valence-corrected chi connectivity index (χ3v) is 5.59. The van der Waals surface area contributed by atoms with Crippen molar-refractivity contribution >= 4 is 27.2 Å². The number of hydrogen-bond donors (Lipinski definition) is 1. The van der Waals surface area contributed by atoms with Gasteiger partial charge in [-0.1, -0.05) is 0 Å². The van der Waals surface area contributed by atoms with Crippen LogP contribution >= 0.6 is 0 Å². The lowest BCUT2D eigenvalue weighted by molar-refractivity contribution is -0.135. The van der Waals surface area contributed by atoms with Gasteiger partial charge < -0.3 is 18.9 Å². The van der Waals surface area contributed by atoms with Crippen LogP contribution in [0.5, 0.6) is 17.2 Å². The lowest BCUT2D eigenvalue weighted by atomic mass is 10.1. The van der Waals surface area contributed by atoms with Gasteiger partial charge in [0.05, 0.1) is 43.2 Å². The number of nitrogens with zero attached hydrogens (tertiary/aromatic N) is 2. The molecule has 0 aliphatic carbocycles. The lowest BCUT2D eigenvalue weighted by Crippen LogP contribution is -2.26. The molecule has 184 valence electrons. The largest absolute Gasteiger partial charge is 0.488 e. The number of benzene rings is 1. The van der Waals surface area contributed by atoms with Gasteiger partial charge in [-0.25, -0.2) is 13.2 Å². The van der Waals surface area contributed by atoms with Gasteiger partial charge in [0.25, 0.3) is 0 Å². The topological polar surface area (TPSA) is 125 Å². The fraction of sp³-hybridized carbons (Fsp3) is 0.435. The molecule has 0 atom stereocenters. The second-order valence-electron chi connectivity index (χ2n) is 7.77. The van der Waals surface area contributed by atoms with Crippen LogP contribution in [-0.4, -0.2) is 57.3 Å². The van der Waals surface area contributed by atoms with Crippen molar-refractivity contribution in [3.05, 3.63) is 42.2 Å². The van der Waals surface area contributed by atoms with Gasteiger partial charge >= 0.3 is 5.97 Å². The molecule has 1 aromatic heterocycles. The van der Waals surface area contributed by atoms with E-state index >= 15 is 0 Å². The highest BCUT2D eigenvalue weighted by molar-refractivity contribution is 7.89. The molecule has 1 N–H and O–H groups in total. The minimum absolute atomic E-state index is 0.0309. The maximum atomic E-state index is 11.8. The summed E-state index contributed by atoms with van der Waals surface area (Å²) in [5, 5.41) is 4.11. The number of anilines is 1. The van der Waals surface area contributed by atoms with E-state index < -0.39 is 15.8 Å². The van der Waals surface area contributed by atoms with Crippen LogP contribution in [0.4, 0.5) is 5.69 Å². The summed E-state index contributed by atoms with van der Waals surface area (Å²) in [6.45, 7) is 4.79. The Bertz CT molecular complexity index is 1110. The number of ether oxygens (including phenoxy) is 4. The lowest BCUT2D eigenvalue weighted by Gasteiger charge is -2.24. The fourth-order valence-corrected chi connectivity index (χ4v) is 3.82. The number of carbonyl (C=O) groups excluding carboxylic acids is 1. The van der Waals surface area contributed by atoms with Crippen LogP contribution in [0.3, 0.4) is 0 Å². The van der Waals surface area contributed by atoms with Gasteiger partial charge in [0.2, 0.25) is 0 Å². The highest BCUT2D eigenvalue weighted by atomic mass is 32.2. The highest BCUT2D eigenvalue weighted by Crippen LogP contribution is 2.33. The van der Waals surface area contributed by atoms with E-state index in [0.717, 1.165) is 19.1 Å². The summed E-state index contributed by atoms with van der Waals surface area (Å²) in [5.41, 5.74) is 4.05. The first kappa shape index (κ1) is 25.4. The van der Waals surface area contributed by atoms with Crippen molar-refractivity contribution in [2.45, 2.75) is 38.5 Å². The van der Waals surface area contributed by atoms with E-state index in [0.29, 0.717) is 41.8 Å². The molecular formula is C23H29N3O7S. The van der Waals surface area contributed by atoms with Crippen LogP contribution in [0.2, 0.25) is 0 Å². The minimum atomic E-state index is -3.17. The van der Waals surface area contributed by atoms with Crippen molar-refractivity contribution in [1.29, 1.82) is 0 Å². The summed E-state index contributed by atoms with van der Waals surface area (Å²) in [6, 6.07) is 8.44. The Morgan fingerprint density at radius 3 is 2.59 bits per heavy atom. The molecule has 1 aliphatic heterocycles. The summed E-state index contributed by atoms with van der Waals surface area (Å²) in [5.74, 6) is 0.810. The molecule has 0 amide bonds. The zero-order valence-electron chi connectivity index (χ0n) is 19.4. The van der Waals surface area contributed by atoms with E-state index in [1.165, 1.54) is 6.20 Å². The van der Waals surface area contributed by atoms with E-state index in [-0.39, 0.29) is 24.2 Å². The SMILES string of the molecule is CCOC(=O)/C(C)=N\Nc1ccc(Oc2ccc(CS(C)(=O)=O)nc2)cc1OC1CCOCC1. The molecule has 34 heavy (non-hydrogen) atoms. The van der Waals surface area contributed by atoms with Gasteiger partial charge in [-0.3, -0.25) is 10.4 Å². The van der Waals surface area contributed by atoms with Crippen molar-refractivity contribution in [2.24, 2.45) is 5.10 Å². The number of rotatable bonds is 10. The summed E-state index contributed by atoms with van der Waals surface area (Å²) < 4.78 is 45.3. The monoisotopic (exact) mass is 491 g/mol. The van der Waals surface area contributed by atoms with Crippen molar-refractivity contribution < 1.29 is 32.2 Å². The number of sulfone groups is 1. The number of pyridine rings is 1. The molecule has 0 saturated carbocycles. The molecule has 0 spiro atoms. The number of aromatic nitrogens is 1. The number of hydrogen-bond acceptors (Lipinski definition) is 10. The maximum absolute atomic E-state index is 11.8. The molecule has 1 aromatic carbocycles. The average molecular weight is 492 g/mol. The summed E-state index contributed by atoms with van der Waals surface area (Å²) in [7, 11) is -3.17. The summed E-state index contributed by atoms with van der Waals surface area (Å²) in [6.07, 6.45) is 4.10. The maximum Gasteiger partial charge on any atom is 0.354 e. The van der Waals surface area contributed by atoms with E-state index in [1.807, 2.05) is 0 Å². The number of esters is 1. The molecule has 1 fully saturated rings. The zero-order valence-corrected chi connectivity index (χ0v) is 20.3. The summed E-state index contributed by atoms with van der Waals surface area (Å²) >= 11 is 0. The number of hydrazone groups is 1. The van der Waals surface area contributed by atoms with Crippen molar-refractivity contribution in [2.75, 3.05) is 31.5 Å². The van der Waals surface area contributed by atoms with Crippen LogP contribution in [-0.2, 0) is 29.9 Å². The van der Waals surface area contributed by atoms with Crippen molar-refractivity contribution in [3.63, 3.8) is 0 Å². The molecule has 2 aromatic rings. The Labute approximate surface area is 199 Å². The highest BCUT2D eigenvalue weighted by Gasteiger charge is 2.18. The Hall–Kier alpha value is -3.18. The van der Waals surface area contributed by atoms with Crippen molar-refractivity contribution in [1.82, 2.24) is 4.98 Å². The third-order valence-electron chi connectivity index (χ3n) is 4.77. The van der Waals surface area contributed by atoms with E-state index in [4.69, 9.17) is 18.9 Å². The van der Waals surface area contributed by atoms with Gasteiger partial charge in [0, 0.05) is 25.2 Å². The Balaban J connectivity index is 1.78. The summed E-state index contributed by atoms with van der Waals surface area (Å²) in [4.78, 5) is 16.0. The predicted molar refractivity (Wildman–Crippen MR) is 127 cm³/mol. The number of nitrogens with one attached hydrogen (secondary N) is 1. The number of carbonyl (C=O) groups is 1. The van der Waals surface area contributed by atoms with E-state index in [9.17, 15) is 13.2 Å². The predicted octanol–water partition coefficient (Wildman–Crippen LogP) is 3.33.